The molecule has 0 radical (unpaired) electrons. The van der Waals surface area contributed by atoms with Crippen molar-refractivity contribution in [1.82, 2.24) is 4.90 Å². The van der Waals surface area contributed by atoms with Crippen LogP contribution in [-0.2, 0) is 14.3 Å². The monoisotopic (exact) mass is 371 g/mol. The number of carbonyl (C=O) groups is 2. The van der Waals surface area contributed by atoms with E-state index in [1.807, 2.05) is 0 Å². The van der Waals surface area contributed by atoms with Gasteiger partial charge < -0.3 is 9.64 Å². The second kappa shape index (κ2) is 8.68. The van der Waals surface area contributed by atoms with Crippen LogP contribution in [0.15, 0.2) is 28.7 Å². The lowest BCUT2D eigenvalue weighted by Crippen LogP contribution is -2.40. The number of hydrogen-bond acceptors (Lipinski definition) is 3. The first kappa shape index (κ1) is 18.4. The van der Waals surface area contributed by atoms with Crippen LogP contribution in [0.5, 0.6) is 0 Å². The zero-order valence-corrected chi connectivity index (χ0v) is 14.4. The molecule has 120 valence electrons. The lowest BCUT2D eigenvalue weighted by Gasteiger charge is -2.24. The van der Waals surface area contributed by atoms with E-state index in [1.165, 1.54) is 23.1 Å². The molecule has 0 spiro atoms. The van der Waals surface area contributed by atoms with Gasteiger partial charge in [0.05, 0.1) is 6.61 Å². The van der Waals surface area contributed by atoms with Crippen molar-refractivity contribution >= 4 is 33.9 Å². The van der Waals surface area contributed by atoms with E-state index in [0.29, 0.717) is 10.0 Å². The molecule has 0 aliphatic carbocycles. The van der Waals surface area contributed by atoms with E-state index >= 15 is 0 Å². The van der Waals surface area contributed by atoms with Crippen LogP contribution >= 0.6 is 15.9 Å². The van der Waals surface area contributed by atoms with Crippen molar-refractivity contribution < 1.29 is 18.7 Å². The SMILES string of the molecule is CCOC(=O)CN(C(=O)/C=C/c1cc(Br)ccc1F)C(C)C. The first-order valence-electron chi connectivity index (χ1n) is 6.94. The molecule has 1 amide bonds. The lowest BCUT2D eigenvalue weighted by atomic mass is 10.2. The van der Waals surface area contributed by atoms with Gasteiger partial charge in [0, 0.05) is 22.2 Å². The summed E-state index contributed by atoms with van der Waals surface area (Å²) in [4.78, 5) is 25.1. The summed E-state index contributed by atoms with van der Waals surface area (Å²) >= 11 is 3.25. The van der Waals surface area contributed by atoms with Crippen molar-refractivity contribution in [1.29, 1.82) is 0 Å². The highest BCUT2D eigenvalue weighted by Crippen LogP contribution is 2.17. The van der Waals surface area contributed by atoms with Crippen molar-refractivity contribution in [3.05, 3.63) is 40.1 Å². The largest absolute Gasteiger partial charge is 0.465 e. The molecule has 0 bridgehead atoms. The molecule has 4 nitrogen and oxygen atoms in total. The summed E-state index contributed by atoms with van der Waals surface area (Å²) in [5, 5.41) is 0. The molecule has 0 aromatic heterocycles. The zero-order chi connectivity index (χ0) is 16.7. The Morgan fingerprint density at radius 1 is 1.41 bits per heavy atom. The standard InChI is InChI=1S/C16H19BrFNO3/c1-4-22-16(21)10-19(11(2)3)15(20)8-5-12-9-13(17)6-7-14(12)18/h5-9,11H,4,10H2,1-3H3/b8-5+. The number of carbonyl (C=O) groups excluding carboxylic acids is 2. The second-order valence-corrected chi connectivity index (χ2v) is 5.78. The van der Waals surface area contributed by atoms with Crippen LogP contribution in [-0.4, -0.2) is 36.0 Å². The number of benzene rings is 1. The number of amides is 1. The molecule has 0 saturated heterocycles. The van der Waals surface area contributed by atoms with Gasteiger partial charge in [0.2, 0.25) is 5.91 Å². The van der Waals surface area contributed by atoms with Gasteiger partial charge in [-0.3, -0.25) is 9.59 Å². The van der Waals surface area contributed by atoms with Gasteiger partial charge in [-0.1, -0.05) is 15.9 Å². The fraction of sp³-hybridized carbons (Fsp3) is 0.375. The summed E-state index contributed by atoms with van der Waals surface area (Å²) in [6.07, 6.45) is 2.65. The molecule has 0 fully saturated rings. The van der Waals surface area contributed by atoms with E-state index in [-0.39, 0.29) is 25.1 Å². The summed E-state index contributed by atoms with van der Waals surface area (Å²) in [7, 11) is 0. The first-order chi connectivity index (χ1) is 10.3. The van der Waals surface area contributed by atoms with Crippen LogP contribution < -0.4 is 0 Å². The second-order valence-electron chi connectivity index (χ2n) is 4.86. The Morgan fingerprint density at radius 3 is 2.68 bits per heavy atom. The number of nitrogens with zero attached hydrogens (tertiary/aromatic N) is 1. The fourth-order valence-electron chi connectivity index (χ4n) is 1.76. The molecule has 0 aliphatic rings. The van der Waals surface area contributed by atoms with Crippen LogP contribution in [0.4, 0.5) is 4.39 Å². The first-order valence-corrected chi connectivity index (χ1v) is 7.73. The van der Waals surface area contributed by atoms with Crippen molar-refractivity contribution in [2.75, 3.05) is 13.2 Å². The maximum absolute atomic E-state index is 13.6. The molecule has 0 heterocycles. The fourth-order valence-corrected chi connectivity index (χ4v) is 2.14. The number of esters is 1. The summed E-state index contributed by atoms with van der Waals surface area (Å²) in [5.74, 6) is -1.26. The van der Waals surface area contributed by atoms with Crippen LogP contribution in [0.1, 0.15) is 26.3 Å². The Bertz CT molecular complexity index is 573. The van der Waals surface area contributed by atoms with Crippen molar-refractivity contribution in [2.24, 2.45) is 0 Å². The van der Waals surface area contributed by atoms with Gasteiger partial charge in [0.25, 0.3) is 0 Å². The third kappa shape index (κ3) is 5.60. The number of halogens is 2. The van der Waals surface area contributed by atoms with Crippen molar-refractivity contribution in [3.63, 3.8) is 0 Å². The maximum Gasteiger partial charge on any atom is 0.325 e. The Hall–Kier alpha value is -1.69. The molecule has 6 heteroatoms. The number of ether oxygens (including phenoxy) is 1. The van der Waals surface area contributed by atoms with E-state index in [0.717, 1.165) is 0 Å². The highest BCUT2D eigenvalue weighted by Gasteiger charge is 2.18. The highest BCUT2D eigenvalue weighted by atomic mass is 79.9. The van der Waals surface area contributed by atoms with Crippen LogP contribution in [0, 0.1) is 5.82 Å². The maximum atomic E-state index is 13.6. The van der Waals surface area contributed by atoms with E-state index in [1.54, 1.807) is 32.9 Å². The smallest absolute Gasteiger partial charge is 0.325 e. The Morgan fingerprint density at radius 2 is 2.09 bits per heavy atom. The molecule has 22 heavy (non-hydrogen) atoms. The van der Waals surface area contributed by atoms with Gasteiger partial charge in [0.15, 0.2) is 0 Å². The zero-order valence-electron chi connectivity index (χ0n) is 12.8. The third-order valence-electron chi connectivity index (χ3n) is 2.87. The Labute approximate surface area is 138 Å². The van der Waals surface area contributed by atoms with Gasteiger partial charge >= 0.3 is 5.97 Å². The van der Waals surface area contributed by atoms with Crippen LogP contribution in [0.3, 0.4) is 0 Å². The van der Waals surface area contributed by atoms with Gasteiger partial charge in [-0.05, 0) is 45.0 Å². The quantitative estimate of drug-likeness (QED) is 0.568. The minimum absolute atomic E-state index is 0.129. The predicted octanol–water partition coefficient (Wildman–Crippen LogP) is 3.40. The number of rotatable bonds is 6. The molecular weight excluding hydrogens is 353 g/mol. The van der Waals surface area contributed by atoms with Crippen LogP contribution in [0.2, 0.25) is 0 Å². The summed E-state index contributed by atoms with van der Waals surface area (Å²) in [6, 6.07) is 4.29. The highest BCUT2D eigenvalue weighted by molar-refractivity contribution is 9.10. The summed E-state index contributed by atoms with van der Waals surface area (Å²) in [6.45, 7) is 5.43. The van der Waals surface area contributed by atoms with E-state index < -0.39 is 11.8 Å². The van der Waals surface area contributed by atoms with Gasteiger partial charge in [-0.15, -0.1) is 0 Å². The van der Waals surface area contributed by atoms with Crippen LogP contribution in [0.25, 0.3) is 6.08 Å². The number of hydrogen-bond donors (Lipinski definition) is 0. The topological polar surface area (TPSA) is 46.6 Å². The molecule has 1 aromatic rings. The van der Waals surface area contributed by atoms with E-state index in [4.69, 9.17) is 4.74 Å². The average molecular weight is 372 g/mol. The third-order valence-corrected chi connectivity index (χ3v) is 3.37. The molecule has 0 aliphatic heterocycles. The Balaban J connectivity index is 2.84. The minimum atomic E-state index is -0.466. The normalized spacial score (nSPS) is 11.0. The summed E-state index contributed by atoms with van der Waals surface area (Å²) in [5.41, 5.74) is 0.294. The molecule has 1 aromatic carbocycles. The van der Waals surface area contributed by atoms with Gasteiger partial charge in [-0.25, -0.2) is 4.39 Å². The molecule has 1 rings (SSSR count). The molecule has 0 N–H and O–H groups in total. The predicted molar refractivity (Wildman–Crippen MR) is 86.6 cm³/mol. The van der Waals surface area contributed by atoms with Gasteiger partial charge in [-0.2, -0.15) is 0 Å². The van der Waals surface area contributed by atoms with Gasteiger partial charge in [0.1, 0.15) is 12.4 Å². The van der Waals surface area contributed by atoms with E-state index in [9.17, 15) is 14.0 Å². The summed E-state index contributed by atoms with van der Waals surface area (Å²) < 4.78 is 19.2. The molecule has 0 unspecified atom stereocenters. The minimum Gasteiger partial charge on any atom is -0.465 e. The molecule has 0 saturated carbocycles. The van der Waals surface area contributed by atoms with Crippen molar-refractivity contribution in [2.45, 2.75) is 26.8 Å². The van der Waals surface area contributed by atoms with E-state index in [2.05, 4.69) is 15.9 Å². The lowest BCUT2D eigenvalue weighted by molar-refractivity contribution is -0.148. The Kier molecular flexibility index (Phi) is 7.24. The van der Waals surface area contributed by atoms with Crippen molar-refractivity contribution in [3.8, 4) is 0 Å². The average Bonchev–Trinajstić information content (AvgIpc) is 2.45. The molecule has 0 atom stereocenters. The molecular formula is C16H19BrFNO3.